The molecule has 0 unspecified atom stereocenters. The molecule has 1 N–H and O–H groups in total. The monoisotopic (exact) mass is 308 g/mol. The van der Waals surface area contributed by atoms with Crippen LogP contribution >= 0.6 is 0 Å². The van der Waals surface area contributed by atoms with Crippen molar-refractivity contribution < 1.29 is 14.5 Å². The van der Waals surface area contributed by atoms with Crippen LogP contribution in [0.3, 0.4) is 0 Å². The average molecular weight is 308 g/mol. The maximum atomic E-state index is 11.7. The first-order chi connectivity index (χ1) is 10.6. The van der Waals surface area contributed by atoms with Crippen LogP contribution in [0, 0.1) is 10.1 Å². The molecule has 120 valence electrons. The lowest BCUT2D eigenvalue weighted by atomic mass is 10.1. The van der Waals surface area contributed by atoms with Gasteiger partial charge in [-0.2, -0.15) is 0 Å². The van der Waals surface area contributed by atoms with Crippen LogP contribution in [0.4, 0.5) is 11.5 Å². The Morgan fingerprint density at radius 3 is 3.05 bits per heavy atom. The molecule has 1 aliphatic heterocycles. The Morgan fingerprint density at radius 1 is 1.64 bits per heavy atom. The average Bonchev–Trinajstić information content (AvgIpc) is 2.53. The van der Waals surface area contributed by atoms with Crippen LogP contribution < -0.4 is 5.32 Å². The molecule has 0 spiro atoms. The van der Waals surface area contributed by atoms with E-state index in [0.717, 1.165) is 32.5 Å². The highest BCUT2D eigenvalue weighted by Crippen LogP contribution is 2.28. The van der Waals surface area contributed by atoms with Gasteiger partial charge in [0.15, 0.2) is 0 Å². The Balaban J connectivity index is 2.26. The minimum atomic E-state index is -0.740. The topological polar surface area (TPSA) is 97.6 Å². The zero-order chi connectivity index (χ0) is 16.1. The smallest absolute Gasteiger partial charge is 0.345 e. The Kier molecular flexibility index (Phi) is 5.26. The summed E-state index contributed by atoms with van der Waals surface area (Å²) in [6.07, 6.45) is 3.32. The van der Waals surface area contributed by atoms with Crippen molar-refractivity contribution in [1.29, 1.82) is 0 Å². The number of nitrogens with zero attached hydrogens (tertiary/aromatic N) is 3. The van der Waals surface area contributed by atoms with Gasteiger partial charge < -0.3 is 15.0 Å². The molecule has 0 aromatic carbocycles. The molecular formula is C14H20N4O4. The van der Waals surface area contributed by atoms with Crippen molar-refractivity contribution in [3.05, 3.63) is 27.9 Å². The summed E-state index contributed by atoms with van der Waals surface area (Å²) in [6.45, 7) is 4.86. The number of likely N-dealkylation sites (tertiary alicyclic amines) is 1. The first-order valence-electron chi connectivity index (χ1n) is 7.27. The Bertz CT molecular complexity index is 564. The van der Waals surface area contributed by atoms with E-state index < -0.39 is 10.9 Å². The number of nitro groups is 1. The second-order valence-electron chi connectivity index (χ2n) is 5.18. The number of nitrogens with one attached hydrogen (secondary N) is 1. The normalized spacial score (nSPS) is 18.7. The highest BCUT2D eigenvalue weighted by atomic mass is 16.6. The Labute approximate surface area is 128 Å². The van der Waals surface area contributed by atoms with Gasteiger partial charge in [0, 0.05) is 18.8 Å². The van der Waals surface area contributed by atoms with Crippen molar-refractivity contribution in [2.45, 2.75) is 25.8 Å². The van der Waals surface area contributed by atoms with Crippen LogP contribution in [0.5, 0.6) is 0 Å². The summed E-state index contributed by atoms with van der Waals surface area (Å²) in [5, 5.41) is 14.4. The van der Waals surface area contributed by atoms with Crippen LogP contribution in [-0.4, -0.2) is 53.6 Å². The Hall–Kier alpha value is -2.22. The third-order valence-corrected chi connectivity index (χ3v) is 3.81. The number of anilines is 1. The first kappa shape index (κ1) is 16.2. The number of carbonyl (C=O) groups excluding carboxylic acids is 1. The van der Waals surface area contributed by atoms with Crippen molar-refractivity contribution in [3.8, 4) is 0 Å². The number of piperidine rings is 1. The maximum Gasteiger partial charge on any atom is 0.345 e. The second-order valence-corrected chi connectivity index (χ2v) is 5.18. The lowest BCUT2D eigenvalue weighted by Crippen LogP contribution is -2.42. The third kappa shape index (κ3) is 3.51. The minimum absolute atomic E-state index is 0.0767. The first-order valence-corrected chi connectivity index (χ1v) is 7.27. The van der Waals surface area contributed by atoms with E-state index in [9.17, 15) is 14.9 Å². The predicted molar refractivity (Wildman–Crippen MR) is 81.0 cm³/mol. The number of hydrogen-bond acceptors (Lipinski definition) is 7. The molecule has 1 aromatic heterocycles. The van der Waals surface area contributed by atoms with Crippen LogP contribution in [0.1, 0.15) is 30.1 Å². The van der Waals surface area contributed by atoms with Gasteiger partial charge in [-0.1, -0.05) is 6.92 Å². The molecule has 1 fully saturated rings. The SMILES string of the molecule is CCN1CCC[C@H](Nc2nccc(C(=O)OC)c2[N+](=O)[O-])C1. The van der Waals surface area contributed by atoms with Gasteiger partial charge in [-0.15, -0.1) is 0 Å². The molecule has 0 bridgehead atoms. The zero-order valence-electron chi connectivity index (χ0n) is 12.7. The molecule has 0 aliphatic carbocycles. The van der Waals surface area contributed by atoms with Gasteiger partial charge >= 0.3 is 11.7 Å². The molecule has 2 heterocycles. The van der Waals surface area contributed by atoms with Crippen molar-refractivity contribution in [2.24, 2.45) is 0 Å². The van der Waals surface area contributed by atoms with Crippen LogP contribution in [0.15, 0.2) is 12.3 Å². The number of esters is 1. The quantitative estimate of drug-likeness (QED) is 0.502. The lowest BCUT2D eigenvalue weighted by molar-refractivity contribution is -0.384. The van der Waals surface area contributed by atoms with E-state index in [1.54, 1.807) is 0 Å². The van der Waals surface area contributed by atoms with E-state index in [-0.39, 0.29) is 23.1 Å². The standard InChI is InChI=1S/C14H20N4O4/c1-3-17-8-4-5-10(9-17)16-13-12(18(20)21)11(6-7-15-13)14(19)22-2/h6-7,10H,3-5,8-9H2,1-2H3,(H,15,16)/t10-/m0/s1. The lowest BCUT2D eigenvalue weighted by Gasteiger charge is -2.32. The summed E-state index contributed by atoms with van der Waals surface area (Å²) in [5.74, 6) is -0.619. The van der Waals surface area contributed by atoms with Gasteiger partial charge in [-0.05, 0) is 32.0 Å². The van der Waals surface area contributed by atoms with E-state index in [1.165, 1.54) is 19.4 Å². The number of pyridine rings is 1. The number of methoxy groups -OCH3 is 1. The van der Waals surface area contributed by atoms with E-state index in [2.05, 4.69) is 26.9 Å². The van der Waals surface area contributed by atoms with Gasteiger partial charge in [-0.3, -0.25) is 10.1 Å². The molecule has 8 heteroatoms. The van der Waals surface area contributed by atoms with Crippen LogP contribution in [0.2, 0.25) is 0 Å². The molecule has 8 nitrogen and oxygen atoms in total. The number of ether oxygens (including phenoxy) is 1. The van der Waals surface area contributed by atoms with Gasteiger partial charge in [0.05, 0.1) is 12.0 Å². The minimum Gasteiger partial charge on any atom is -0.465 e. The van der Waals surface area contributed by atoms with E-state index in [1.807, 2.05) is 0 Å². The molecule has 1 aliphatic rings. The number of aromatic nitrogens is 1. The molecule has 0 radical (unpaired) electrons. The van der Waals surface area contributed by atoms with E-state index in [0.29, 0.717) is 0 Å². The molecule has 2 rings (SSSR count). The predicted octanol–water partition coefficient (Wildman–Crippen LogP) is 1.67. The van der Waals surface area contributed by atoms with Gasteiger partial charge in [0.25, 0.3) is 0 Å². The molecule has 0 amide bonds. The zero-order valence-corrected chi connectivity index (χ0v) is 12.7. The summed E-state index contributed by atoms with van der Waals surface area (Å²) < 4.78 is 4.60. The fraction of sp³-hybridized carbons (Fsp3) is 0.571. The van der Waals surface area contributed by atoms with E-state index in [4.69, 9.17) is 0 Å². The third-order valence-electron chi connectivity index (χ3n) is 3.81. The number of rotatable bonds is 5. The van der Waals surface area contributed by atoms with Gasteiger partial charge in [-0.25, -0.2) is 9.78 Å². The molecule has 1 atom stereocenters. The van der Waals surface area contributed by atoms with Crippen molar-refractivity contribution in [3.63, 3.8) is 0 Å². The van der Waals surface area contributed by atoms with Crippen molar-refractivity contribution >= 4 is 17.5 Å². The van der Waals surface area contributed by atoms with Crippen molar-refractivity contribution in [2.75, 3.05) is 32.1 Å². The van der Waals surface area contributed by atoms with Gasteiger partial charge in [0.1, 0.15) is 5.56 Å². The largest absolute Gasteiger partial charge is 0.465 e. The maximum absolute atomic E-state index is 11.7. The number of likely N-dealkylation sites (N-methyl/N-ethyl adjacent to an activating group) is 1. The summed E-state index contributed by atoms with van der Waals surface area (Å²) in [5.41, 5.74) is -0.420. The second kappa shape index (κ2) is 7.17. The van der Waals surface area contributed by atoms with Crippen LogP contribution in [-0.2, 0) is 4.74 Å². The summed E-state index contributed by atoms with van der Waals surface area (Å²) in [4.78, 5) is 28.7. The van der Waals surface area contributed by atoms with Crippen molar-refractivity contribution in [1.82, 2.24) is 9.88 Å². The summed E-state index contributed by atoms with van der Waals surface area (Å²) >= 11 is 0. The molecular weight excluding hydrogens is 288 g/mol. The van der Waals surface area contributed by atoms with E-state index >= 15 is 0 Å². The molecule has 1 saturated heterocycles. The fourth-order valence-corrected chi connectivity index (χ4v) is 2.67. The van der Waals surface area contributed by atoms with Gasteiger partial charge in [0.2, 0.25) is 5.82 Å². The molecule has 22 heavy (non-hydrogen) atoms. The summed E-state index contributed by atoms with van der Waals surface area (Å²) in [6, 6.07) is 1.38. The number of hydrogen-bond donors (Lipinski definition) is 1. The highest BCUT2D eigenvalue weighted by molar-refractivity contribution is 5.96. The molecule has 1 aromatic rings. The fourth-order valence-electron chi connectivity index (χ4n) is 2.67. The Morgan fingerprint density at radius 2 is 2.41 bits per heavy atom. The summed E-state index contributed by atoms with van der Waals surface area (Å²) in [7, 11) is 1.19. The number of carbonyl (C=O) groups is 1. The highest BCUT2D eigenvalue weighted by Gasteiger charge is 2.28. The van der Waals surface area contributed by atoms with Crippen LogP contribution in [0.25, 0.3) is 0 Å². The molecule has 0 saturated carbocycles.